The smallest absolute Gasteiger partial charge is 0.230 e. The van der Waals surface area contributed by atoms with Crippen LogP contribution >= 0.6 is 27.3 Å². The predicted octanol–water partition coefficient (Wildman–Crippen LogP) is 5.79. The van der Waals surface area contributed by atoms with Crippen LogP contribution < -0.4 is 9.64 Å². The summed E-state index contributed by atoms with van der Waals surface area (Å²) in [5, 5.41) is 2.57. The number of carbonyl (C=O) groups is 1. The van der Waals surface area contributed by atoms with E-state index in [2.05, 4.69) is 20.9 Å². The molecule has 0 radical (unpaired) electrons. The summed E-state index contributed by atoms with van der Waals surface area (Å²) in [6.45, 7) is 5.96. The number of para-hydroxylation sites is 1. The normalized spacial score (nSPS) is 10.6. The van der Waals surface area contributed by atoms with Crippen molar-refractivity contribution in [1.29, 1.82) is 0 Å². The van der Waals surface area contributed by atoms with E-state index >= 15 is 0 Å². The molecule has 1 heterocycles. The van der Waals surface area contributed by atoms with E-state index in [1.54, 1.807) is 11.8 Å². The number of thiazole rings is 1. The maximum Gasteiger partial charge on any atom is 0.230 e. The topological polar surface area (TPSA) is 42.4 Å². The highest BCUT2D eigenvalue weighted by molar-refractivity contribution is 9.10. The van der Waals surface area contributed by atoms with E-state index in [0.29, 0.717) is 11.7 Å². The molecular weight excluding hydrogens is 412 g/mol. The van der Waals surface area contributed by atoms with Gasteiger partial charge in [-0.2, -0.15) is 0 Å². The van der Waals surface area contributed by atoms with Crippen LogP contribution in [-0.2, 0) is 11.4 Å². The Morgan fingerprint density at radius 1 is 1.19 bits per heavy atom. The van der Waals surface area contributed by atoms with Crippen LogP contribution in [-0.4, -0.2) is 10.9 Å². The van der Waals surface area contributed by atoms with Gasteiger partial charge in [-0.25, -0.2) is 4.98 Å². The Bertz CT molecular complexity index is 939. The van der Waals surface area contributed by atoms with Gasteiger partial charge in [0.15, 0.2) is 5.13 Å². The predicted molar refractivity (Wildman–Crippen MR) is 109 cm³/mol. The standard InChI is InChI=1S/C20H19BrN2O2S/c1-13-7-6-9-18(14(13)2)23(15(3)24)20-22-16(12-26-20)11-25-19-10-5-4-8-17(19)21/h4-10,12H,11H2,1-3H3. The summed E-state index contributed by atoms with van der Waals surface area (Å²) in [5.41, 5.74) is 3.87. The lowest BCUT2D eigenvalue weighted by atomic mass is 10.1. The van der Waals surface area contributed by atoms with Crippen molar-refractivity contribution in [1.82, 2.24) is 4.98 Å². The van der Waals surface area contributed by atoms with Gasteiger partial charge in [-0.3, -0.25) is 9.69 Å². The van der Waals surface area contributed by atoms with Gasteiger partial charge in [-0.05, 0) is 59.1 Å². The third kappa shape index (κ3) is 3.97. The molecule has 0 fully saturated rings. The van der Waals surface area contributed by atoms with Crippen molar-refractivity contribution in [3.63, 3.8) is 0 Å². The Morgan fingerprint density at radius 2 is 1.96 bits per heavy atom. The van der Waals surface area contributed by atoms with Crippen molar-refractivity contribution in [3.05, 3.63) is 69.1 Å². The third-order valence-corrected chi connectivity index (χ3v) is 5.60. The SMILES string of the molecule is CC(=O)N(c1nc(COc2ccccc2Br)cs1)c1cccc(C)c1C. The van der Waals surface area contributed by atoms with E-state index in [4.69, 9.17) is 4.74 Å². The number of ether oxygens (including phenoxy) is 1. The maximum atomic E-state index is 12.3. The summed E-state index contributed by atoms with van der Waals surface area (Å²) in [6, 6.07) is 13.6. The van der Waals surface area contributed by atoms with Gasteiger partial charge in [0.1, 0.15) is 12.4 Å². The van der Waals surface area contributed by atoms with Gasteiger partial charge in [0, 0.05) is 12.3 Å². The molecule has 0 aliphatic rings. The van der Waals surface area contributed by atoms with Crippen LogP contribution in [0.2, 0.25) is 0 Å². The average Bonchev–Trinajstić information content (AvgIpc) is 3.06. The van der Waals surface area contributed by atoms with Crippen LogP contribution in [0.5, 0.6) is 5.75 Å². The van der Waals surface area contributed by atoms with Crippen molar-refractivity contribution < 1.29 is 9.53 Å². The molecule has 1 amide bonds. The van der Waals surface area contributed by atoms with Crippen LogP contribution in [0.4, 0.5) is 10.8 Å². The molecule has 0 N–H and O–H groups in total. The van der Waals surface area contributed by atoms with Gasteiger partial charge >= 0.3 is 0 Å². The Labute approximate surface area is 165 Å². The largest absolute Gasteiger partial charge is 0.486 e. The molecule has 6 heteroatoms. The second kappa shape index (κ2) is 8.01. The summed E-state index contributed by atoms with van der Waals surface area (Å²) in [4.78, 5) is 18.6. The number of anilines is 2. The van der Waals surface area contributed by atoms with Crippen molar-refractivity contribution >= 4 is 44.0 Å². The monoisotopic (exact) mass is 430 g/mol. The minimum absolute atomic E-state index is 0.0636. The van der Waals surface area contributed by atoms with E-state index in [9.17, 15) is 4.79 Å². The molecule has 0 atom stereocenters. The minimum atomic E-state index is -0.0636. The quantitative estimate of drug-likeness (QED) is 0.514. The van der Waals surface area contributed by atoms with Crippen LogP contribution in [0.3, 0.4) is 0 Å². The molecule has 0 aliphatic heterocycles. The molecule has 4 nitrogen and oxygen atoms in total. The van der Waals surface area contributed by atoms with Crippen LogP contribution in [0.25, 0.3) is 0 Å². The highest BCUT2D eigenvalue weighted by Gasteiger charge is 2.20. The molecular formula is C20H19BrN2O2S. The van der Waals surface area contributed by atoms with E-state index in [1.165, 1.54) is 11.3 Å². The maximum absolute atomic E-state index is 12.3. The van der Waals surface area contributed by atoms with Gasteiger partial charge < -0.3 is 4.74 Å². The van der Waals surface area contributed by atoms with E-state index in [0.717, 1.165) is 32.7 Å². The lowest BCUT2D eigenvalue weighted by molar-refractivity contribution is -0.115. The zero-order valence-corrected chi connectivity index (χ0v) is 17.2. The number of hydrogen-bond acceptors (Lipinski definition) is 4. The van der Waals surface area contributed by atoms with Gasteiger partial charge in [0.05, 0.1) is 15.9 Å². The van der Waals surface area contributed by atoms with Crippen LogP contribution in [0.15, 0.2) is 52.3 Å². The highest BCUT2D eigenvalue weighted by atomic mass is 79.9. The van der Waals surface area contributed by atoms with Crippen molar-refractivity contribution in [2.24, 2.45) is 0 Å². The number of hydrogen-bond donors (Lipinski definition) is 0. The van der Waals surface area contributed by atoms with E-state index < -0.39 is 0 Å². The second-order valence-electron chi connectivity index (χ2n) is 5.91. The summed E-state index contributed by atoms with van der Waals surface area (Å²) in [5.74, 6) is 0.700. The molecule has 2 aromatic carbocycles. The Morgan fingerprint density at radius 3 is 2.69 bits per heavy atom. The van der Waals surface area contributed by atoms with Gasteiger partial charge in [-0.1, -0.05) is 24.3 Å². The number of halogens is 1. The first-order valence-electron chi connectivity index (χ1n) is 8.16. The van der Waals surface area contributed by atoms with Crippen LogP contribution in [0.1, 0.15) is 23.7 Å². The number of aryl methyl sites for hydroxylation is 1. The fourth-order valence-electron chi connectivity index (χ4n) is 2.56. The first kappa shape index (κ1) is 18.6. The first-order valence-corrected chi connectivity index (χ1v) is 9.83. The number of nitrogens with zero attached hydrogens (tertiary/aromatic N) is 2. The summed E-state index contributed by atoms with van der Waals surface area (Å²) in [7, 11) is 0. The first-order chi connectivity index (χ1) is 12.5. The molecule has 0 bridgehead atoms. The van der Waals surface area contributed by atoms with Crippen molar-refractivity contribution in [3.8, 4) is 5.75 Å². The Balaban J connectivity index is 1.83. The number of aromatic nitrogens is 1. The molecule has 0 saturated carbocycles. The fraction of sp³-hybridized carbons (Fsp3) is 0.200. The molecule has 134 valence electrons. The lowest BCUT2D eigenvalue weighted by Crippen LogP contribution is -2.23. The highest BCUT2D eigenvalue weighted by Crippen LogP contribution is 2.33. The Hall–Kier alpha value is -2.18. The third-order valence-electron chi connectivity index (χ3n) is 4.07. The summed E-state index contributed by atoms with van der Waals surface area (Å²) < 4.78 is 6.72. The van der Waals surface area contributed by atoms with Gasteiger partial charge in [0.2, 0.25) is 5.91 Å². The lowest BCUT2D eigenvalue weighted by Gasteiger charge is -2.21. The van der Waals surface area contributed by atoms with Crippen LogP contribution in [0, 0.1) is 13.8 Å². The van der Waals surface area contributed by atoms with Gasteiger partial charge in [-0.15, -0.1) is 11.3 Å². The number of amides is 1. The molecule has 3 aromatic rings. The minimum Gasteiger partial charge on any atom is -0.486 e. The second-order valence-corrected chi connectivity index (χ2v) is 7.60. The molecule has 1 aromatic heterocycles. The molecule has 0 unspecified atom stereocenters. The number of rotatable bonds is 5. The summed E-state index contributed by atoms with van der Waals surface area (Å²) in [6.07, 6.45) is 0. The average molecular weight is 431 g/mol. The number of carbonyl (C=O) groups excluding carboxylic acids is 1. The molecule has 3 rings (SSSR count). The molecule has 26 heavy (non-hydrogen) atoms. The molecule has 0 aliphatic carbocycles. The Kier molecular flexibility index (Phi) is 5.74. The zero-order valence-electron chi connectivity index (χ0n) is 14.8. The molecule has 0 saturated heterocycles. The fourth-order valence-corrected chi connectivity index (χ4v) is 3.83. The summed E-state index contributed by atoms with van der Waals surface area (Å²) >= 11 is 4.90. The van der Waals surface area contributed by atoms with E-state index in [1.807, 2.05) is 61.7 Å². The van der Waals surface area contributed by atoms with Crippen molar-refractivity contribution in [2.45, 2.75) is 27.4 Å². The van der Waals surface area contributed by atoms with Gasteiger partial charge in [0.25, 0.3) is 0 Å². The zero-order chi connectivity index (χ0) is 18.7. The molecule has 0 spiro atoms. The van der Waals surface area contributed by atoms with E-state index in [-0.39, 0.29) is 5.91 Å². The number of benzene rings is 2. The van der Waals surface area contributed by atoms with Crippen molar-refractivity contribution in [2.75, 3.05) is 4.90 Å².